The Morgan fingerprint density at radius 2 is 2.00 bits per heavy atom. The standard InChI is InChI=1S/C14H21NO2/c1-3-12(9-14(16)17)10-15-11(2)13-7-5-4-6-8-13/h4-8,11-12,15H,3,9-10H2,1-2H3,(H,16,17). The van der Waals surface area contributed by atoms with E-state index in [4.69, 9.17) is 5.11 Å². The third-order valence-corrected chi connectivity index (χ3v) is 3.05. The maximum absolute atomic E-state index is 10.7. The van der Waals surface area contributed by atoms with Crippen molar-refractivity contribution in [1.82, 2.24) is 5.32 Å². The van der Waals surface area contributed by atoms with Crippen LogP contribution in [-0.4, -0.2) is 17.6 Å². The van der Waals surface area contributed by atoms with Crippen molar-refractivity contribution in [2.45, 2.75) is 32.7 Å². The number of aliphatic carboxylic acids is 1. The number of carboxylic acids is 1. The van der Waals surface area contributed by atoms with Crippen LogP contribution in [0.3, 0.4) is 0 Å². The molecule has 0 aliphatic rings. The molecule has 2 unspecified atom stereocenters. The predicted molar refractivity (Wildman–Crippen MR) is 68.9 cm³/mol. The normalized spacial score (nSPS) is 14.2. The molecule has 17 heavy (non-hydrogen) atoms. The number of nitrogens with one attached hydrogen (secondary N) is 1. The fourth-order valence-electron chi connectivity index (χ4n) is 1.81. The van der Waals surface area contributed by atoms with Crippen molar-refractivity contribution < 1.29 is 9.90 Å². The molecule has 0 spiro atoms. The largest absolute Gasteiger partial charge is 0.481 e. The van der Waals surface area contributed by atoms with Gasteiger partial charge in [-0.2, -0.15) is 0 Å². The van der Waals surface area contributed by atoms with Gasteiger partial charge in [0.15, 0.2) is 0 Å². The van der Waals surface area contributed by atoms with Gasteiger partial charge in [-0.15, -0.1) is 0 Å². The Bertz CT molecular complexity index is 337. The quantitative estimate of drug-likeness (QED) is 0.764. The van der Waals surface area contributed by atoms with Crippen LogP contribution in [0.2, 0.25) is 0 Å². The summed E-state index contributed by atoms with van der Waals surface area (Å²) in [5.41, 5.74) is 1.23. The van der Waals surface area contributed by atoms with Gasteiger partial charge in [-0.05, 0) is 24.9 Å². The molecule has 0 fully saturated rings. The monoisotopic (exact) mass is 235 g/mol. The summed E-state index contributed by atoms with van der Waals surface area (Å²) in [4.78, 5) is 10.7. The minimum Gasteiger partial charge on any atom is -0.481 e. The molecule has 1 rings (SSSR count). The van der Waals surface area contributed by atoms with E-state index in [1.807, 2.05) is 25.1 Å². The molecule has 1 aromatic rings. The van der Waals surface area contributed by atoms with Gasteiger partial charge in [0.05, 0.1) is 0 Å². The van der Waals surface area contributed by atoms with E-state index >= 15 is 0 Å². The van der Waals surface area contributed by atoms with Gasteiger partial charge in [0.25, 0.3) is 0 Å². The zero-order chi connectivity index (χ0) is 12.7. The van der Waals surface area contributed by atoms with E-state index in [9.17, 15) is 4.79 Å². The summed E-state index contributed by atoms with van der Waals surface area (Å²) < 4.78 is 0. The molecular weight excluding hydrogens is 214 g/mol. The lowest BCUT2D eigenvalue weighted by Gasteiger charge is -2.18. The molecule has 0 bridgehead atoms. The SMILES string of the molecule is CCC(CNC(C)c1ccccc1)CC(=O)O. The number of hydrogen-bond acceptors (Lipinski definition) is 2. The molecule has 0 aromatic heterocycles. The smallest absolute Gasteiger partial charge is 0.303 e. The van der Waals surface area contributed by atoms with Gasteiger partial charge in [-0.3, -0.25) is 4.79 Å². The van der Waals surface area contributed by atoms with E-state index in [-0.39, 0.29) is 18.4 Å². The van der Waals surface area contributed by atoms with Crippen molar-refractivity contribution in [2.24, 2.45) is 5.92 Å². The summed E-state index contributed by atoms with van der Waals surface area (Å²) in [5.74, 6) is -0.510. The number of hydrogen-bond donors (Lipinski definition) is 2. The fraction of sp³-hybridized carbons (Fsp3) is 0.500. The predicted octanol–water partition coefficient (Wildman–Crippen LogP) is 2.84. The Morgan fingerprint density at radius 3 is 2.53 bits per heavy atom. The highest BCUT2D eigenvalue weighted by molar-refractivity contribution is 5.67. The van der Waals surface area contributed by atoms with Gasteiger partial charge in [-0.25, -0.2) is 0 Å². The average molecular weight is 235 g/mol. The number of carboxylic acid groups (broad SMARTS) is 1. The zero-order valence-electron chi connectivity index (χ0n) is 10.5. The summed E-state index contributed by atoms with van der Waals surface area (Å²) >= 11 is 0. The second kappa shape index (κ2) is 7.07. The lowest BCUT2D eigenvalue weighted by Crippen LogP contribution is -2.26. The van der Waals surface area contributed by atoms with E-state index in [0.29, 0.717) is 0 Å². The molecule has 0 aliphatic carbocycles. The molecule has 1 aromatic carbocycles. The van der Waals surface area contributed by atoms with Crippen LogP contribution in [0.1, 0.15) is 38.3 Å². The van der Waals surface area contributed by atoms with Crippen molar-refractivity contribution in [3.05, 3.63) is 35.9 Å². The lowest BCUT2D eigenvalue weighted by atomic mass is 10.0. The number of benzene rings is 1. The van der Waals surface area contributed by atoms with Gasteiger partial charge in [0.2, 0.25) is 0 Å². The molecule has 0 amide bonds. The van der Waals surface area contributed by atoms with Crippen molar-refractivity contribution in [1.29, 1.82) is 0 Å². The first kappa shape index (κ1) is 13.7. The average Bonchev–Trinajstić information content (AvgIpc) is 2.34. The number of carbonyl (C=O) groups is 1. The van der Waals surface area contributed by atoms with Crippen LogP contribution >= 0.6 is 0 Å². The summed E-state index contributed by atoms with van der Waals surface area (Å²) in [6.07, 6.45) is 1.13. The molecule has 0 heterocycles. The Labute approximate surface area is 103 Å². The molecule has 3 heteroatoms. The van der Waals surface area contributed by atoms with E-state index in [2.05, 4.69) is 24.4 Å². The van der Waals surface area contributed by atoms with Gasteiger partial charge >= 0.3 is 5.97 Å². The maximum atomic E-state index is 10.7. The van der Waals surface area contributed by atoms with Crippen molar-refractivity contribution >= 4 is 5.97 Å². The van der Waals surface area contributed by atoms with Crippen LogP contribution in [0.4, 0.5) is 0 Å². The maximum Gasteiger partial charge on any atom is 0.303 e. The van der Waals surface area contributed by atoms with Crippen molar-refractivity contribution in [3.8, 4) is 0 Å². The van der Waals surface area contributed by atoms with Crippen LogP contribution in [0.5, 0.6) is 0 Å². The van der Waals surface area contributed by atoms with Crippen molar-refractivity contribution in [3.63, 3.8) is 0 Å². The third-order valence-electron chi connectivity index (χ3n) is 3.05. The Hall–Kier alpha value is -1.35. The van der Waals surface area contributed by atoms with Gasteiger partial charge in [0.1, 0.15) is 0 Å². The highest BCUT2D eigenvalue weighted by Crippen LogP contribution is 2.13. The van der Waals surface area contributed by atoms with Crippen LogP contribution in [0.15, 0.2) is 30.3 Å². The van der Waals surface area contributed by atoms with E-state index in [1.165, 1.54) is 5.56 Å². The minimum atomic E-state index is -0.717. The zero-order valence-corrected chi connectivity index (χ0v) is 10.5. The van der Waals surface area contributed by atoms with E-state index in [1.54, 1.807) is 0 Å². The lowest BCUT2D eigenvalue weighted by molar-refractivity contribution is -0.138. The highest BCUT2D eigenvalue weighted by atomic mass is 16.4. The Morgan fingerprint density at radius 1 is 1.35 bits per heavy atom. The van der Waals surface area contributed by atoms with Gasteiger partial charge in [-0.1, -0.05) is 43.7 Å². The topological polar surface area (TPSA) is 49.3 Å². The van der Waals surface area contributed by atoms with Crippen LogP contribution in [0, 0.1) is 5.92 Å². The second-order valence-electron chi connectivity index (χ2n) is 4.41. The molecule has 3 nitrogen and oxygen atoms in total. The second-order valence-corrected chi connectivity index (χ2v) is 4.41. The molecule has 0 saturated heterocycles. The minimum absolute atomic E-state index is 0.207. The Kier molecular flexibility index (Phi) is 5.70. The van der Waals surface area contributed by atoms with Gasteiger partial charge < -0.3 is 10.4 Å². The first-order valence-corrected chi connectivity index (χ1v) is 6.13. The van der Waals surface area contributed by atoms with Crippen LogP contribution in [0.25, 0.3) is 0 Å². The van der Waals surface area contributed by atoms with Gasteiger partial charge in [0, 0.05) is 12.5 Å². The molecular formula is C14H21NO2. The first-order chi connectivity index (χ1) is 8.13. The molecule has 2 atom stereocenters. The molecule has 0 aliphatic heterocycles. The van der Waals surface area contributed by atoms with Crippen LogP contribution in [-0.2, 0) is 4.79 Å². The summed E-state index contributed by atoms with van der Waals surface area (Å²) in [6.45, 7) is 4.88. The molecule has 0 saturated carbocycles. The molecule has 94 valence electrons. The summed E-state index contributed by atoms with van der Waals surface area (Å²) in [6, 6.07) is 10.4. The van der Waals surface area contributed by atoms with E-state index in [0.717, 1.165) is 13.0 Å². The number of rotatable bonds is 7. The van der Waals surface area contributed by atoms with Crippen molar-refractivity contribution in [2.75, 3.05) is 6.54 Å². The fourth-order valence-corrected chi connectivity index (χ4v) is 1.81. The van der Waals surface area contributed by atoms with E-state index < -0.39 is 5.97 Å². The summed E-state index contributed by atoms with van der Waals surface area (Å²) in [7, 11) is 0. The first-order valence-electron chi connectivity index (χ1n) is 6.13. The Balaban J connectivity index is 2.41. The highest BCUT2D eigenvalue weighted by Gasteiger charge is 2.12. The third kappa shape index (κ3) is 5.00. The van der Waals surface area contributed by atoms with Crippen LogP contribution < -0.4 is 5.32 Å². The molecule has 2 N–H and O–H groups in total. The molecule has 0 radical (unpaired) electrons. The summed E-state index contributed by atoms with van der Waals surface area (Å²) in [5, 5.41) is 12.2.